The summed E-state index contributed by atoms with van der Waals surface area (Å²) in [7, 11) is 3.57. The molecule has 2 aromatic rings. The Kier molecular flexibility index (Phi) is 4.82. The van der Waals surface area contributed by atoms with Gasteiger partial charge in [-0.3, -0.25) is 0 Å². The molecule has 0 fully saturated rings. The van der Waals surface area contributed by atoms with E-state index >= 15 is 0 Å². The largest absolute Gasteiger partial charge is 0.497 e. The van der Waals surface area contributed by atoms with Crippen LogP contribution in [0.2, 0.25) is 0 Å². The van der Waals surface area contributed by atoms with E-state index in [2.05, 4.69) is 27.3 Å². The average molecular weight is 322 g/mol. The lowest BCUT2D eigenvalue weighted by atomic mass is 10.2. The first kappa shape index (κ1) is 13.9. The SMILES string of the molecule is CNCc1cccc(Oc2ccc(OC)cc2Br)c1. The van der Waals surface area contributed by atoms with Crippen LogP contribution in [0.15, 0.2) is 46.9 Å². The topological polar surface area (TPSA) is 30.5 Å². The molecular weight excluding hydrogens is 306 g/mol. The Morgan fingerprint density at radius 3 is 2.63 bits per heavy atom. The number of halogens is 1. The van der Waals surface area contributed by atoms with Crippen LogP contribution in [0, 0.1) is 0 Å². The fraction of sp³-hybridized carbons (Fsp3) is 0.200. The maximum absolute atomic E-state index is 5.87. The van der Waals surface area contributed by atoms with Gasteiger partial charge in [-0.15, -0.1) is 0 Å². The van der Waals surface area contributed by atoms with Gasteiger partial charge < -0.3 is 14.8 Å². The van der Waals surface area contributed by atoms with Crippen molar-refractivity contribution in [3.63, 3.8) is 0 Å². The molecule has 0 radical (unpaired) electrons. The number of methoxy groups -OCH3 is 1. The number of nitrogens with one attached hydrogen (secondary N) is 1. The third kappa shape index (κ3) is 3.72. The van der Waals surface area contributed by atoms with Gasteiger partial charge in [0.2, 0.25) is 0 Å². The maximum atomic E-state index is 5.87. The second kappa shape index (κ2) is 6.59. The average Bonchev–Trinajstić information content (AvgIpc) is 2.42. The minimum Gasteiger partial charge on any atom is -0.497 e. The number of hydrogen-bond donors (Lipinski definition) is 1. The molecule has 0 amide bonds. The fourth-order valence-electron chi connectivity index (χ4n) is 1.74. The van der Waals surface area contributed by atoms with Gasteiger partial charge >= 0.3 is 0 Å². The van der Waals surface area contributed by atoms with Gasteiger partial charge in [-0.1, -0.05) is 12.1 Å². The van der Waals surface area contributed by atoms with E-state index in [1.54, 1.807) is 7.11 Å². The zero-order valence-corrected chi connectivity index (χ0v) is 12.5. The van der Waals surface area contributed by atoms with Gasteiger partial charge in [0.15, 0.2) is 0 Å². The van der Waals surface area contributed by atoms with Crippen molar-refractivity contribution in [3.05, 3.63) is 52.5 Å². The van der Waals surface area contributed by atoms with E-state index in [-0.39, 0.29) is 0 Å². The zero-order valence-electron chi connectivity index (χ0n) is 10.9. The van der Waals surface area contributed by atoms with E-state index in [1.165, 1.54) is 5.56 Å². The first-order valence-corrected chi connectivity index (χ1v) is 6.77. The number of ether oxygens (including phenoxy) is 2. The molecule has 100 valence electrons. The molecule has 0 aliphatic carbocycles. The third-order valence-electron chi connectivity index (χ3n) is 2.65. The molecule has 0 spiro atoms. The number of rotatable bonds is 5. The van der Waals surface area contributed by atoms with Crippen molar-refractivity contribution in [2.75, 3.05) is 14.2 Å². The first-order valence-electron chi connectivity index (χ1n) is 5.98. The molecule has 4 heteroatoms. The summed E-state index contributed by atoms with van der Waals surface area (Å²) < 4.78 is 11.9. The van der Waals surface area contributed by atoms with Crippen LogP contribution in [0.5, 0.6) is 17.2 Å². The van der Waals surface area contributed by atoms with E-state index in [0.717, 1.165) is 28.3 Å². The van der Waals surface area contributed by atoms with Crippen LogP contribution in [-0.2, 0) is 6.54 Å². The summed E-state index contributed by atoms with van der Waals surface area (Å²) >= 11 is 3.48. The van der Waals surface area contributed by atoms with Crippen LogP contribution in [0.25, 0.3) is 0 Å². The van der Waals surface area contributed by atoms with Crippen molar-refractivity contribution in [1.82, 2.24) is 5.32 Å². The molecule has 0 atom stereocenters. The van der Waals surface area contributed by atoms with Gasteiger partial charge in [-0.05, 0) is 58.9 Å². The lowest BCUT2D eigenvalue weighted by molar-refractivity contribution is 0.412. The van der Waals surface area contributed by atoms with Crippen LogP contribution in [-0.4, -0.2) is 14.2 Å². The lowest BCUT2D eigenvalue weighted by Crippen LogP contribution is -2.04. The van der Waals surface area contributed by atoms with Crippen molar-refractivity contribution in [1.29, 1.82) is 0 Å². The quantitative estimate of drug-likeness (QED) is 0.903. The highest BCUT2D eigenvalue weighted by molar-refractivity contribution is 9.10. The molecule has 1 N–H and O–H groups in total. The number of hydrogen-bond acceptors (Lipinski definition) is 3. The van der Waals surface area contributed by atoms with Gasteiger partial charge in [0.05, 0.1) is 11.6 Å². The molecule has 0 aromatic heterocycles. The summed E-state index contributed by atoms with van der Waals surface area (Å²) in [4.78, 5) is 0. The second-order valence-electron chi connectivity index (χ2n) is 4.08. The highest BCUT2D eigenvalue weighted by Crippen LogP contribution is 2.32. The Bertz CT molecular complexity index is 558. The zero-order chi connectivity index (χ0) is 13.7. The Hall–Kier alpha value is -1.52. The van der Waals surface area contributed by atoms with Crippen LogP contribution in [0.3, 0.4) is 0 Å². The van der Waals surface area contributed by atoms with Crippen LogP contribution >= 0.6 is 15.9 Å². The van der Waals surface area contributed by atoms with Gasteiger partial charge in [0.25, 0.3) is 0 Å². The first-order chi connectivity index (χ1) is 9.22. The summed E-state index contributed by atoms with van der Waals surface area (Å²) in [6.45, 7) is 0.820. The molecule has 19 heavy (non-hydrogen) atoms. The summed E-state index contributed by atoms with van der Waals surface area (Å²) in [5.74, 6) is 2.38. The van der Waals surface area contributed by atoms with Crippen LogP contribution < -0.4 is 14.8 Å². The van der Waals surface area contributed by atoms with Gasteiger partial charge in [-0.25, -0.2) is 0 Å². The summed E-state index contributed by atoms with van der Waals surface area (Å²) in [6.07, 6.45) is 0. The van der Waals surface area contributed by atoms with E-state index in [1.807, 2.05) is 43.4 Å². The maximum Gasteiger partial charge on any atom is 0.141 e. The van der Waals surface area contributed by atoms with E-state index in [4.69, 9.17) is 9.47 Å². The van der Waals surface area contributed by atoms with Crippen molar-refractivity contribution >= 4 is 15.9 Å². The highest BCUT2D eigenvalue weighted by atomic mass is 79.9. The molecule has 0 saturated carbocycles. The smallest absolute Gasteiger partial charge is 0.141 e. The summed E-state index contributed by atoms with van der Waals surface area (Å²) in [5.41, 5.74) is 1.18. The van der Waals surface area contributed by atoms with Gasteiger partial charge in [0, 0.05) is 6.54 Å². The van der Waals surface area contributed by atoms with Gasteiger partial charge in [-0.2, -0.15) is 0 Å². The van der Waals surface area contributed by atoms with Crippen molar-refractivity contribution in [2.24, 2.45) is 0 Å². The van der Waals surface area contributed by atoms with Crippen molar-refractivity contribution < 1.29 is 9.47 Å². The predicted octanol–water partition coefficient (Wildman–Crippen LogP) is 3.97. The second-order valence-corrected chi connectivity index (χ2v) is 4.93. The highest BCUT2D eigenvalue weighted by Gasteiger charge is 2.05. The summed E-state index contributed by atoms with van der Waals surface area (Å²) in [5, 5.41) is 3.12. The Balaban J connectivity index is 2.18. The molecule has 0 heterocycles. The minimum atomic E-state index is 0.766. The molecular formula is C15H16BrNO2. The Labute approximate surface area is 121 Å². The fourth-order valence-corrected chi connectivity index (χ4v) is 2.18. The van der Waals surface area contributed by atoms with E-state index < -0.39 is 0 Å². The predicted molar refractivity (Wildman–Crippen MR) is 80.0 cm³/mol. The van der Waals surface area contributed by atoms with Crippen molar-refractivity contribution in [2.45, 2.75) is 6.54 Å². The summed E-state index contributed by atoms with van der Waals surface area (Å²) in [6, 6.07) is 13.6. The van der Waals surface area contributed by atoms with E-state index in [9.17, 15) is 0 Å². The number of benzene rings is 2. The standard InChI is InChI=1S/C15H16BrNO2/c1-17-10-11-4-3-5-13(8-11)19-15-7-6-12(18-2)9-14(15)16/h3-9,17H,10H2,1-2H3. The Morgan fingerprint density at radius 1 is 1.11 bits per heavy atom. The van der Waals surface area contributed by atoms with Gasteiger partial charge in [0.1, 0.15) is 17.2 Å². The molecule has 0 saturated heterocycles. The monoisotopic (exact) mass is 321 g/mol. The Morgan fingerprint density at radius 2 is 1.95 bits per heavy atom. The molecule has 0 unspecified atom stereocenters. The van der Waals surface area contributed by atoms with Crippen LogP contribution in [0.1, 0.15) is 5.56 Å². The minimum absolute atomic E-state index is 0.766. The lowest BCUT2D eigenvalue weighted by Gasteiger charge is -2.10. The molecule has 0 aliphatic rings. The molecule has 0 bridgehead atoms. The van der Waals surface area contributed by atoms with Crippen molar-refractivity contribution in [3.8, 4) is 17.2 Å². The molecule has 3 nitrogen and oxygen atoms in total. The van der Waals surface area contributed by atoms with Crippen LogP contribution in [0.4, 0.5) is 0 Å². The molecule has 0 aliphatic heterocycles. The molecule has 2 rings (SSSR count). The molecule has 2 aromatic carbocycles. The van der Waals surface area contributed by atoms with E-state index in [0.29, 0.717) is 0 Å². The third-order valence-corrected chi connectivity index (χ3v) is 3.27. The normalized spacial score (nSPS) is 10.3.